The summed E-state index contributed by atoms with van der Waals surface area (Å²) in [4.78, 5) is 64.0. The number of carbonyl (C=O) groups excluding carboxylic acids is 4. The van der Waals surface area contributed by atoms with Gasteiger partial charge in [-0.15, -0.1) is 0 Å². The minimum atomic E-state index is -3.96. The zero-order chi connectivity index (χ0) is 36.7. The molecule has 3 heterocycles. The molecule has 2 saturated carbocycles. The highest BCUT2D eigenvalue weighted by Crippen LogP contribution is 2.47. The number of nitrogens with zero attached hydrogens (tertiary/aromatic N) is 3. The van der Waals surface area contributed by atoms with Crippen LogP contribution in [0, 0.1) is 5.92 Å². The van der Waals surface area contributed by atoms with Crippen LogP contribution in [-0.2, 0) is 35.7 Å². The Morgan fingerprint density at radius 3 is 2.56 bits per heavy atom. The van der Waals surface area contributed by atoms with Crippen LogP contribution in [0.5, 0.6) is 5.19 Å². The van der Waals surface area contributed by atoms with Crippen molar-refractivity contribution in [1.82, 2.24) is 24.8 Å². The predicted octanol–water partition coefficient (Wildman–Crippen LogP) is 4.46. The van der Waals surface area contributed by atoms with Crippen LogP contribution in [0.4, 0.5) is 0 Å². The summed E-state index contributed by atoms with van der Waals surface area (Å²) in [5.41, 5.74) is 0.172. The van der Waals surface area contributed by atoms with Gasteiger partial charge in [-0.05, 0) is 63.1 Å². The van der Waals surface area contributed by atoms with Gasteiger partial charge in [-0.25, -0.2) is 13.4 Å². The molecular weight excluding hydrogens is 703 g/mol. The summed E-state index contributed by atoms with van der Waals surface area (Å²) in [5, 5.41) is 3.34. The molecule has 0 bridgehead atoms. The van der Waals surface area contributed by atoms with Crippen LogP contribution in [0.25, 0.3) is 10.2 Å². The monoisotopic (exact) mass is 747 g/mol. The van der Waals surface area contributed by atoms with Gasteiger partial charge in [-0.2, -0.15) is 0 Å². The minimum Gasteiger partial charge on any atom is -0.465 e. The summed E-state index contributed by atoms with van der Waals surface area (Å²) in [7, 11) is -3.96. The Morgan fingerprint density at radius 2 is 1.83 bits per heavy atom. The Hall–Kier alpha value is -4.30. The lowest BCUT2D eigenvalue weighted by Gasteiger charge is -2.35. The van der Waals surface area contributed by atoms with E-state index in [0.717, 1.165) is 35.0 Å². The lowest BCUT2D eigenvalue weighted by Crippen LogP contribution is -2.58. The summed E-state index contributed by atoms with van der Waals surface area (Å²) in [6.07, 6.45) is 7.98. The normalized spacial score (nSPS) is 28.0. The molecule has 3 fully saturated rings. The number of hydrogen-bond donors (Lipinski definition) is 2. The number of para-hydroxylation sites is 1. The van der Waals surface area contributed by atoms with Gasteiger partial charge in [0.25, 0.3) is 11.1 Å². The number of sulfonamides is 1. The van der Waals surface area contributed by atoms with Crippen LogP contribution in [0.15, 0.2) is 66.7 Å². The van der Waals surface area contributed by atoms with Gasteiger partial charge in [0.1, 0.15) is 23.7 Å². The van der Waals surface area contributed by atoms with Crippen molar-refractivity contribution in [3.8, 4) is 5.19 Å². The molecule has 2 aromatic carbocycles. The Balaban J connectivity index is 1.21. The number of aromatic nitrogens is 1. The van der Waals surface area contributed by atoms with Crippen LogP contribution in [-0.4, -0.2) is 81.8 Å². The molecule has 2 aliphatic carbocycles. The van der Waals surface area contributed by atoms with Crippen LogP contribution in [0.3, 0.4) is 0 Å². The Bertz CT molecular complexity index is 1960. The highest BCUT2D eigenvalue weighted by atomic mass is 32.2. The van der Waals surface area contributed by atoms with E-state index in [1.165, 1.54) is 23.2 Å². The van der Waals surface area contributed by atoms with Gasteiger partial charge in [0.05, 0.1) is 21.5 Å². The molecular formula is C38H45N5O7S2. The highest BCUT2D eigenvalue weighted by molar-refractivity contribution is 7.91. The second-order valence-electron chi connectivity index (χ2n) is 14.8. The Kier molecular flexibility index (Phi) is 9.89. The van der Waals surface area contributed by atoms with Crippen molar-refractivity contribution in [2.24, 2.45) is 5.92 Å². The fourth-order valence-electron chi connectivity index (χ4n) is 7.35. The molecule has 1 aromatic heterocycles. The van der Waals surface area contributed by atoms with E-state index < -0.39 is 56.2 Å². The number of hydrogen-bond acceptors (Lipinski definition) is 9. The number of fused-ring (bicyclic) bond motifs is 3. The largest absolute Gasteiger partial charge is 0.465 e. The molecule has 5 atom stereocenters. The standard InChI is InChI=1S/C38H45N5O7S2/c1-25(44)42(23-26-13-7-6-8-14-26)30-17-10-5-3-4-9-15-27-22-38(27,35(47)41-52(48,49)37(2)19-20-37)40-33(45)31-21-28(24-43(31)34(30)46)50-36-39-29-16-11-12-18-32(29)51-36/h6-9,11-16,18,27-28,30-31H,3-5,10,17,19-24H2,1-2H3,(H,40,45)(H,41,47)/b15-9-/t27-,28-,30+,31+,38-/m1/s1. The van der Waals surface area contributed by atoms with Crippen molar-refractivity contribution >= 4 is 55.2 Å². The lowest BCUT2D eigenvalue weighted by molar-refractivity contribution is -0.149. The molecule has 1 saturated heterocycles. The second-order valence-corrected chi connectivity index (χ2v) is 18.0. The molecule has 14 heteroatoms. The van der Waals surface area contributed by atoms with E-state index in [0.29, 0.717) is 30.9 Å². The van der Waals surface area contributed by atoms with E-state index in [2.05, 4.69) is 15.0 Å². The Labute approximate surface area is 308 Å². The summed E-state index contributed by atoms with van der Waals surface area (Å²) in [5.74, 6) is -2.38. The molecule has 0 unspecified atom stereocenters. The van der Waals surface area contributed by atoms with E-state index >= 15 is 0 Å². The number of thiazole rings is 1. The summed E-state index contributed by atoms with van der Waals surface area (Å²) in [6, 6.07) is 15.2. The zero-order valence-corrected chi connectivity index (χ0v) is 31.1. The van der Waals surface area contributed by atoms with Crippen molar-refractivity contribution in [2.75, 3.05) is 6.54 Å². The molecule has 2 N–H and O–H groups in total. The Morgan fingerprint density at radius 1 is 1.08 bits per heavy atom. The number of nitrogens with one attached hydrogen (secondary N) is 2. The summed E-state index contributed by atoms with van der Waals surface area (Å²) in [6.45, 7) is 3.35. The van der Waals surface area contributed by atoms with Crippen LogP contribution < -0.4 is 14.8 Å². The van der Waals surface area contributed by atoms with Crippen LogP contribution in [0.1, 0.15) is 77.2 Å². The first-order chi connectivity index (χ1) is 24.9. The van der Waals surface area contributed by atoms with E-state index in [-0.39, 0.29) is 37.7 Å². The maximum absolute atomic E-state index is 14.8. The van der Waals surface area contributed by atoms with Gasteiger partial charge in [0.2, 0.25) is 27.7 Å². The first kappa shape index (κ1) is 36.1. The zero-order valence-electron chi connectivity index (χ0n) is 29.5. The summed E-state index contributed by atoms with van der Waals surface area (Å²) >= 11 is 1.37. The fraction of sp³-hybridized carbons (Fsp3) is 0.500. The minimum absolute atomic E-state index is 0.0652. The molecule has 0 spiro atoms. The first-order valence-corrected chi connectivity index (χ1v) is 20.4. The summed E-state index contributed by atoms with van der Waals surface area (Å²) < 4.78 is 34.8. The molecule has 7 rings (SSSR count). The van der Waals surface area contributed by atoms with E-state index in [1.54, 1.807) is 11.8 Å². The maximum Gasteiger partial charge on any atom is 0.274 e. The van der Waals surface area contributed by atoms with Crippen molar-refractivity contribution in [1.29, 1.82) is 0 Å². The number of rotatable bonds is 8. The van der Waals surface area contributed by atoms with Crippen LogP contribution >= 0.6 is 11.3 Å². The lowest BCUT2D eigenvalue weighted by atomic mass is 10.0. The quantitative estimate of drug-likeness (QED) is 0.321. The average molecular weight is 748 g/mol. The predicted molar refractivity (Wildman–Crippen MR) is 197 cm³/mol. The van der Waals surface area contributed by atoms with Gasteiger partial charge in [-0.1, -0.05) is 78.8 Å². The van der Waals surface area contributed by atoms with E-state index in [9.17, 15) is 27.6 Å². The second kappa shape index (κ2) is 14.3. The third kappa shape index (κ3) is 7.32. The SMILES string of the molecule is CC(=O)N(Cc1ccccc1)[C@H]1CCCCC/C=C\[C@@H]2C[C@@]2(C(=O)NS(=O)(=O)C2(C)CC2)NC(=O)[C@@H]2C[C@@H](Oc3nc4ccccc4s3)CN2C1=O. The van der Waals surface area contributed by atoms with Crippen molar-refractivity contribution < 1.29 is 32.3 Å². The number of ether oxygens (including phenoxy) is 1. The molecule has 2 aliphatic heterocycles. The molecule has 276 valence electrons. The van der Waals surface area contributed by atoms with Crippen molar-refractivity contribution in [3.63, 3.8) is 0 Å². The topological polar surface area (TPSA) is 155 Å². The highest BCUT2D eigenvalue weighted by Gasteiger charge is 2.63. The number of amides is 4. The number of carbonyl (C=O) groups is 4. The third-order valence-corrected chi connectivity index (χ3v) is 14.1. The van der Waals surface area contributed by atoms with E-state index in [4.69, 9.17) is 4.74 Å². The first-order valence-electron chi connectivity index (χ1n) is 18.1. The maximum atomic E-state index is 14.8. The molecule has 52 heavy (non-hydrogen) atoms. The molecule has 4 aliphatic rings. The number of benzene rings is 2. The van der Waals surface area contributed by atoms with Gasteiger partial charge in [0, 0.05) is 25.8 Å². The molecule has 0 radical (unpaired) electrons. The average Bonchev–Trinajstić information content (AvgIpc) is 3.92. The molecule has 4 amide bonds. The molecule has 12 nitrogen and oxygen atoms in total. The van der Waals surface area contributed by atoms with Crippen molar-refractivity contribution in [3.05, 3.63) is 72.3 Å². The third-order valence-electron chi connectivity index (χ3n) is 11.0. The smallest absolute Gasteiger partial charge is 0.274 e. The number of allylic oxidation sites excluding steroid dienone is 1. The molecule has 3 aromatic rings. The van der Waals surface area contributed by atoms with Gasteiger partial charge in [-0.3, -0.25) is 23.9 Å². The van der Waals surface area contributed by atoms with E-state index in [1.807, 2.05) is 66.7 Å². The fourth-order valence-corrected chi connectivity index (χ4v) is 9.54. The van der Waals surface area contributed by atoms with Gasteiger partial charge >= 0.3 is 0 Å². The van der Waals surface area contributed by atoms with Crippen molar-refractivity contribution in [2.45, 2.75) is 107 Å². The van der Waals surface area contributed by atoms with Gasteiger partial charge < -0.3 is 19.9 Å². The van der Waals surface area contributed by atoms with Gasteiger partial charge in [0.15, 0.2) is 0 Å². The van der Waals surface area contributed by atoms with Crippen LogP contribution in [0.2, 0.25) is 0 Å².